The second kappa shape index (κ2) is 9.22. The molecule has 27 heavy (non-hydrogen) atoms. The van der Waals surface area contributed by atoms with Crippen molar-refractivity contribution in [3.05, 3.63) is 29.3 Å². The molecular weight excluding hydrogens is 344 g/mol. The van der Waals surface area contributed by atoms with Gasteiger partial charge in [0.25, 0.3) is 0 Å². The number of amides is 1. The summed E-state index contributed by atoms with van der Waals surface area (Å²) in [5.74, 6) is -0.289. The minimum Gasteiger partial charge on any atom is -0.467 e. The highest BCUT2D eigenvalue weighted by atomic mass is 16.5. The number of fused-ring (bicyclic) bond motifs is 1. The van der Waals surface area contributed by atoms with E-state index in [0.29, 0.717) is 19.4 Å². The number of hydrogen-bond donors (Lipinski definition) is 0. The van der Waals surface area contributed by atoms with E-state index in [1.54, 1.807) is 4.90 Å². The maximum atomic E-state index is 12.8. The maximum Gasteiger partial charge on any atom is 0.328 e. The second-order valence-electron chi connectivity index (χ2n) is 7.27. The van der Waals surface area contributed by atoms with E-state index in [-0.39, 0.29) is 11.9 Å². The molecule has 0 radical (unpaired) electrons. The number of unbranched alkanes of at least 4 members (excludes halogenated alkanes) is 2. The standard InChI is InChI=1S/C21H30N2O4/c1-3-4-5-6-20(24)23-15-17-13-18(22-9-11-27-12-10-22)8-7-16(17)14-19(23)21(25)26-2/h7-8,13,19H,3-6,9-12,14-15H2,1-2H3/t19-/m0/s1. The van der Waals surface area contributed by atoms with Gasteiger partial charge in [-0.1, -0.05) is 25.8 Å². The number of benzene rings is 1. The molecule has 3 rings (SSSR count). The van der Waals surface area contributed by atoms with Gasteiger partial charge in [0.15, 0.2) is 0 Å². The molecule has 0 unspecified atom stereocenters. The molecule has 1 amide bonds. The van der Waals surface area contributed by atoms with E-state index in [1.807, 2.05) is 0 Å². The van der Waals surface area contributed by atoms with Crippen LogP contribution in [0, 0.1) is 0 Å². The third kappa shape index (κ3) is 4.61. The largest absolute Gasteiger partial charge is 0.467 e. The molecule has 1 fully saturated rings. The molecule has 0 spiro atoms. The van der Waals surface area contributed by atoms with Gasteiger partial charge in [0, 0.05) is 38.2 Å². The van der Waals surface area contributed by atoms with Crippen LogP contribution in [-0.2, 0) is 32.0 Å². The fourth-order valence-corrected chi connectivity index (χ4v) is 3.87. The van der Waals surface area contributed by atoms with Gasteiger partial charge in [-0.3, -0.25) is 4.79 Å². The van der Waals surface area contributed by atoms with Crippen LogP contribution in [0.5, 0.6) is 0 Å². The lowest BCUT2D eigenvalue weighted by atomic mass is 9.92. The number of carbonyl (C=O) groups excluding carboxylic acids is 2. The van der Waals surface area contributed by atoms with Crippen LogP contribution in [0.1, 0.15) is 43.7 Å². The van der Waals surface area contributed by atoms with Gasteiger partial charge in [-0.2, -0.15) is 0 Å². The Morgan fingerprint density at radius 1 is 1.19 bits per heavy atom. The van der Waals surface area contributed by atoms with E-state index >= 15 is 0 Å². The lowest BCUT2D eigenvalue weighted by Crippen LogP contribution is -2.49. The van der Waals surface area contributed by atoms with E-state index in [4.69, 9.17) is 9.47 Å². The predicted octanol–water partition coefficient (Wildman–Crippen LogP) is 2.53. The van der Waals surface area contributed by atoms with E-state index in [2.05, 4.69) is 30.0 Å². The molecule has 1 aromatic rings. The van der Waals surface area contributed by atoms with E-state index in [1.165, 1.54) is 7.11 Å². The smallest absolute Gasteiger partial charge is 0.328 e. The highest BCUT2D eigenvalue weighted by Crippen LogP contribution is 2.29. The fourth-order valence-electron chi connectivity index (χ4n) is 3.87. The Balaban J connectivity index is 1.80. The average molecular weight is 374 g/mol. The summed E-state index contributed by atoms with van der Waals surface area (Å²) < 4.78 is 10.4. The number of morpholine rings is 1. The van der Waals surface area contributed by atoms with Crippen LogP contribution in [0.2, 0.25) is 0 Å². The Labute approximate surface area is 161 Å². The maximum absolute atomic E-state index is 12.8. The zero-order valence-electron chi connectivity index (χ0n) is 16.4. The summed E-state index contributed by atoms with van der Waals surface area (Å²) >= 11 is 0. The molecule has 2 aliphatic rings. The first-order valence-electron chi connectivity index (χ1n) is 9.95. The van der Waals surface area contributed by atoms with E-state index in [9.17, 15) is 9.59 Å². The molecule has 2 aliphatic heterocycles. The van der Waals surface area contributed by atoms with Crippen molar-refractivity contribution >= 4 is 17.6 Å². The van der Waals surface area contributed by atoms with Crippen LogP contribution in [-0.4, -0.2) is 56.2 Å². The molecule has 1 aromatic carbocycles. The summed E-state index contributed by atoms with van der Waals surface area (Å²) in [5, 5.41) is 0. The molecule has 1 atom stereocenters. The summed E-state index contributed by atoms with van der Waals surface area (Å²) in [7, 11) is 1.39. The van der Waals surface area contributed by atoms with Crippen LogP contribution in [0.3, 0.4) is 0 Å². The zero-order valence-corrected chi connectivity index (χ0v) is 16.4. The van der Waals surface area contributed by atoms with Crippen molar-refractivity contribution in [1.82, 2.24) is 4.90 Å². The van der Waals surface area contributed by atoms with Gasteiger partial charge in [-0.25, -0.2) is 4.79 Å². The molecule has 0 bridgehead atoms. The molecule has 1 saturated heterocycles. The number of rotatable bonds is 6. The molecule has 0 N–H and O–H groups in total. The number of anilines is 1. The molecule has 2 heterocycles. The zero-order chi connectivity index (χ0) is 19.2. The first-order valence-corrected chi connectivity index (χ1v) is 9.95. The Bertz CT molecular complexity index is 670. The molecule has 0 saturated carbocycles. The van der Waals surface area contributed by atoms with Crippen molar-refractivity contribution in [3.8, 4) is 0 Å². The lowest BCUT2D eigenvalue weighted by molar-refractivity contribution is -0.154. The second-order valence-corrected chi connectivity index (χ2v) is 7.27. The van der Waals surface area contributed by atoms with Gasteiger partial charge >= 0.3 is 5.97 Å². The highest BCUT2D eigenvalue weighted by Gasteiger charge is 2.35. The van der Waals surface area contributed by atoms with Crippen molar-refractivity contribution in [1.29, 1.82) is 0 Å². The van der Waals surface area contributed by atoms with Crippen molar-refractivity contribution in [2.45, 2.75) is 51.6 Å². The number of esters is 1. The van der Waals surface area contributed by atoms with Crippen LogP contribution in [0.4, 0.5) is 5.69 Å². The van der Waals surface area contributed by atoms with Crippen LogP contribution in [0.25, 0.3) is 0 Å². The monoisotopic (exact) mass is 374 g/mol. The third-order valence-corrected chi connectivity index (χ3v) is 5.48. The Kier molecular flexibility index (Phi) is 6.72. The summed E-state index contributed by atoms with van der Waals surface area (Å²) in [5.41, 5.74) is 3.41. The highest BCUT2D eigenvalue weighted by molar-refractivity contribution is 5.85. The van der Waals surface area contributed by atoms with Gasteiger partial charge < -0.3 is 19.3 Å². The summed E-state index contributed by atoms with van der Waals surface area (Å²) in [6.07, 6.45) is 3.96. The normalized spacial score (nSPS) is 19.6. The van der Waals surface area contributed by atoms with E-state index in [0.717, 1.165) is 62.4 Å². The lowest BCUT2D eigenvalue weighted by Gasteiger charge is -2.36. The summed E-state index contributed by atoms with van der Waals surface area (Å²) in [4.78, 5) is 29.1. The predicted molar refractivity (Wildman–Crippen MR) is 104 cm³/mol. The molecule has 6 heteroatoms. The van der Waals surface area contributed by atoms with Crippen molar-refractivity contribution in [2.24, 2.45) is 0 Å². The minimum atomic E-state index is -0.522. The van der Waals surface area contributed by atoms with Crippen molar-refractivity contribution < 1.29 is 19.1 Å². The van der Waals surface area contributed by atoms with Crippen molar-refractivity contribution in [2.75, 3.05) is 38.3 Å². The minimum absolute atomic E-state index is 0.0428. The summed E-state index contributed by atoms with van der Waals surface area (Å²) in [6.45, 7) is 5.82. The molecule has 148 valence electrons. The number of methoxy groups -OCH3 is 1. The molecule has 6 nitrogen and oxygen atoms in total. The van der Waals surface area contributed by atoms with E-state index < -0.39 is 6.04 Å². The first kappa shape index (κ1) is 19.7. The Morgan fingerprint density at radius 3 is 2.67 bits per heavy atom. The molecule has 0 aliphatic carbocycles. The van der Waals surface area contributed by atoms with Gasteiger partial charge in [0.1, 0.15) is 6.04 Å². The quantitative estimate of drug-likeness (QED) is 0.566. The third-order valence-electron chi connectivity index (χ3n) is 5.48. The van der Waals surface area contributed by atoms with Crippen molar-refractivity contribution in [3.63, 3.8) is 0 Å². The van der Waals surface area contributed by atoms with Crippen LogP contribution >= 0.6 is 0 Å². The molecular formula is C21H30N2O4. The summed E-state index contributed by atoms with van der Waals surface area (Å²) in [6, 6.07) is 5.85. The van der Waals surface area contributed by atoms with Gasteiger partial charge in [0.05, 0.1) is 20.3 Å². The fraction of sp³-hybridized carbons (Fsp3) is 0.619. The number of carbonyl (C=O) groups is 2. The number of ether oxygens (including phenoxy) is 2. The van der Waals surface area contributed by atoms with Crippen LogP contribution < -0.4 is 4.90 Å². The SMILES string of the molecule is CCCCCC(=O)N1Cc2cc(N3CCOCC3)ccc2C[C@H]1C(=O)OC. The number of nitrogens with zero attached hydrogens (tertiary/aromatic N) is 2. The Hall–Kier alpha value is -2.08. The Morgan fingerprint density at radius 2 is 1.96 bits per heavy atom. The topological polar surface area (TPSA) is 59.1 Å². The average Bonchev–Trinajstić information content (AvgIpc) is 2.72. The van der Waals surface area contributed by atoms with Gasteiger partial charge in [0.2, 0.25) is 5.91 Å². The van der Waals surface area contributed by atoms with Gasteiger partial charge in [-0.05, 0) is 29.7 Å². The van der Waals surface area contributed by atoms with Crippen LogP contribution in [0.15, 0.2) is 18.2 Å². The number of hydrogen-bond acceptors (Lipinski definition) is 5. The van der Waals surface area contributed by atoms with Gasteiger partial charge in [-0.15, -0.1) is 0 Å². The first-order chi connectivity index (χ1) is 13.1. The molecule has 0 aromatic heterocycles.